The summed E-state index contributed by atoms with van der Waals surface area (Å²) in [5.41, 5.74) is 7.30. The smallest absolute Gasteiger partial charge is 0.122 e. The number of piperidine rings is 1. The van der Waals surface area contributed by atoms with E-state index >= 15 is 0 Å². The van der Waals surface area contributed by atoms with Crippen LogP contribution in [0.4, 0.5) is 0 Å². The maximum absolute atomic E-state index is 6.04. The first-order valence-electron chi connectivity index (χ1n) is 7.90. The fourth-order valence-electron chi connectivity index (χ4n) is 3.42. The van der Waals surface area contributed by atoms with Crippen molar-refractivity contribution in [3.63, 3.8) is 0 Å². The molecule has 1 aromatic rings. The van der Waals surface area contributed by atoms with Crippen LogP contribution in [0.5, 0.6) is 11.5 Å². The highest BCUT2D eigenvalue weighted by Gasteiger charge is 2.31. The molecule has 1 aliphatic heterocycles. The topological polar surface area (TPSA) is 47.7 Å². The molecule has 2 unspecified atom stereocenters. The molecule has 0 saturated carbocycles. The van der Waals surface area contributed by atoms with Gasteiger partial charge in [-0.15, -0.1) is 0 Å². The van der Waals surface area contributed by atoms with Gasteiger partial charge in [0.2, 0.25) is 0 Å². The SMILES string of the molecule is CCCN1CCCC(CN)C1c1cc(OC)cc(OC)c1. The second-order valence-electron chi connectivity index (χ2n) is 5.76. The molecule has 0 radical (unpaired) electrons. The monoisotopic (exact) mass is 292 g/mol. The summed E-state index contributed by atoms with van der Waals surface area (Å²) in [5, 5.41) is 0. The molecule has 1 aliphatic rings. The van der Waals surface area contributed by atoms with Crippen LogP contribution in [0.15, 0.2) is 18.2 Å². The molecule has 1 heterocycles. The quantitative estimate of drug-likeness (QED) is 0.876. The van der Waals surface area contributed by atoms with Crippen molar-refractivity contribution >= 4 is 0 Å². The zero-order chi connectivity index (χ0) is 15.2. The zero-order valence-corrected chi connectivity index (χ0v) is 13.5. The number of nitrogens with two attached hydrogens (primary N) is 1. The van der Waals surface area contributed by atoms with Gasteiger partial charge in [0.15, 0.2) is 0 Å². The van der Waals surface area contributed by atoms with E-state index in [1.807, 2.05) is 6.07 Å². The van der Waals surface area contributed by atoms with Crippen LogP contribution in [0.2, 0.25) is 0 Å². The number of methoxy groups -OCH3 is 2. The van der Waals surface area contributed by atoms with Crippen LogP contribution in [0.1, 0.15) is 37.8 Å². The fourth-order valence-corrected chi connectivity index (χ4v) is 3.42. The number of nitrogens with zero attached hydrogens (tertiary/aromatic N) is 1. The molecule has 2 atom stereocenters. The summed E-state index contributed by atoms with van der Waals surface area (Å²) in [6, 6.07) is 6.55. The molecule has 1 saturated heterocycles. The van der Waals surface area contributed by atoms with E-state index < -0.39 is 0 Å². The molecule has 4 nitrogen and oxygen atoms in total. The Morgan fingerprint density at radius 3 is 2.38 bits per heavy atom. The summed E-state index contributed by atoms with van der Waals surface area (Å²) in [6.07, 6.45) is 3.59. The number of benzene rings is 1. The van der Waals surface area contributed by atoms with Crippen molar-refractivity contribution in [2.45, 2.75) is 32.2 Å². The molecule has 0 aliphatic carbocycles. The van der Waals surface area contributed by atoms with E-state index in [9.17, 15) is 0 Å². The first-order chi connectivity index (χ1) is 10.2. The predicted octanol–water partition coefficient (Wildman–Crippen LogP) is 2.83. The van der Waals surface area contributed by atoms with Crippen LogP contribution in [0.25, 0.3) is 0 Å². The third kappa shape index (κ3) is 3.69. The van der Waals surface area contributed by atoms with Gasteiger partial charge in [0.25, 0.3) is 0 Å². The second-order valence-corrected chi connectivity index (χ2v) is 5.76. The van der Waals surface area contributed by atoms with E-state index in [0.717, 1.165) is 37.6 Å². The van der Waals surface area contributed by atoms with Gasteiger partial charge >= 0.3 is 0 Å². The molecule has 21 heavy (non-hydrogen) atoms. The highest BCUT2D eigenvalue weighted by atomic mass is 16.5. The van der Waals surface area contributed by atoms with Gasteiger partial charge in [0.1, 0.15) is 11.5 Å². The lowest BCUT2D eigenvalue weighted by atomic mass is 9.84. The van der Waals surface area contributed by atoms with Gasteiger partial charge in [-0.25, -0.2) is 0 Å². The molecule has 4 heteroatoms. The average Bonchev–Trinajstić information content (AvgIpc) is 2.54. The van der Waals surface area contributed by atoms with Crippen molar-refractivity contribution in [3.8, 4) is 11.5 Å². The van der Waals surface area contributed by atoms with Crippen LogP contribution >= 0.6 is 0 Å². The third-order valence-electron chi connectivity index (χ3n) is 4.39. The normalized spacial score (nSPS) is 23.0. The number of hydrogen-bond acceptors (Lipinski definition) is 4. The summed E-state index contributed by atoms with van der Waals surface area (Å²) in [5.74, 6) is 2.20. The Labute approximate surface area is 128 Å². The summed E-state index contributed by atoms with van der Waals surface area (Å²) in [4.78, 5) is 2.56. The zero-order valence-electron chi connectivity index (χ0n) is 13.5. The molecule has 0 spiro atoms. The van der Waals surface area contributed by atoms with E-state index in [0.29, 0.717) is 12.0 Å². The first kappa shape index (κ1) is 16.1. The molecule has 118 valence electrons. The van der Waals surface area contributed by atoms with Gasteiger partial charge in [-0.1, -0.05) is 6.92 Å². The number of ether oxygens (including phenoxy) is 2. The number of hydrogen-bond donors (Lipinski definition) is 1. The fraction of sp³-hybridized carbons (Fsp3) is 0.647. The van der Waals surface area contributed by atoms with Gasteiger partial charge in [-0.3, -0.25) is 4.90 Å². The van der Waals surface area contributed by atoms with Gasteiger partial charge < -0.3 is 15.2 Å². The van der Waals surface area contributed by atoms with Gasteiger partial charge in [0.05, 0.1) is 14.2 Å². The summed E-state index contributed by atoms with van der Waals surface area (Å²) >= 11 is 0. The molecule has 0 amide bonds. The molecule has 1 fully saturated rings. The van der Waals surface area contributed by atoms with Crippen molar-refractivity contribution in [1.82, 2.24) is 4.90 Å². The largest absolute Gasteiger partial charge is 0.497 e. The molecule has 2 N–H and O–H groups in total. The van der Waals surface area contributed by atoms with Crippen LogP contribution in [0.3, 0.4) is 0 Å². The number of likely N-dealkylation sites (tertiary alicyclic amines) is 1. The Kier molecular flexibility index (Phi) is 5.88. The van der Waals surface area contributed by atoms with Gasteiger partial charge in [0, 0.05) is 12.1 Å². The Balaban J connectivity index is 2.37. The second kappa shape index (κ2) is 7.66. The molecule has 0 aromatic heterocycles. The van der Waals surface area contributed by atoms with Gasteiger partial charge in [-0.05, 0) is 62.5 Å². The Bertz CT molecular complexity index is 426. The summed E-state index contributed by atoms with van der Waals surface area (Å²) in [7, 11) is 3.40. The Hall–Kier alpha value is -1.26. The van der Waals surface area contributed by atoms with E-state index in [1.165, 1.54) is 18.4 Å². The summed E-state index contributed by atoms with van der Waals surface area (Å²) < 4.78 is 10.8. The van der Waals surface area contributed by atoms with E-state index in [4.69, 9.17) is 15.2 Å². The summed E-state index contributed by atoms with van der Waals surface area (Å²) in [6.45, 7) is 5.22. The molecule has 1 aromatic carbocycles. The van der Waals surface area contributed by atoms with E-state index in [2.05, 4.69) is 24.0 Å². The Morgan fingerprint density at radius 1 is 1.19 bits per heavy atom. The van der Waals surface area contributed by atoms with Crippen LogP contribution in [0, 0.1) is 5.92 Å². The van der Waals surface area contributed by atoms with Crippen molar-refractivity contribution < 1.29 is 9.47 Å². The average molecular weight is 292 g/mol. The van der Waals surface area contributed by atoms with E-state index in [-0.39, 0.29) is 0 Å². The van der Waals surface area contributed by atoms with Crippen LogP contribution < -0.4 is 15.2 Å². The van der Waals surface area contributed by atoms with Crippen molar-refractivity contribution in [2.75, 3.05) is 33.9 Å². The van der Waals surface area contributed by atoms with E-state index in [1.54, 1.807) is 14.2 Å². The highest BCUT2D eigenvalue weighted by Crippen LogP contribution is 2.38. The lowest BCUT2D eigenvalue weighted by Gasteiger charge is -2.41. The standard InChI is InChI=1S/C17H28N2O2/c1-4-7-19-8-5-6-13(12-18)17(19)14-9-15(20-2)11-16(10-14)21-3/h9-11,13,17H,4-8,12,18H2,1-3H3. The minimum atomic E-state index is 0.368. The Morgan fingerprint density at radius 2 is 1.86 bits per heavy atom. The first-order valence-corrected chi connectivity index (χ1v) is 7.90. The molecular formula is C17H28N2O2. The lowest BCUT2D eigenvalue weighted by molar-refractivity contribution is 0.0957. The minimum absolute atomic E-state index is 0.368. The lowest BCUT2D eigenvalue weighted by Crippen LogP contribution is -2.41. The maximum Gasteiger partial charge on any atom is 0.122 e. The third-order valence-corrected chi connectivity index (χ3v) is 4.39. The maximum atomic E-state index is 6.04. The van der Waals surface area contributed by atoms with Crippen molar-refractivity contribution in [2.24, 2.45) is 11.7 Å². The van der Waals surface area contributed by atoms with Crippen molar-refractivity contribution in [1.29, 1.82) is 0 Å². The number of rotatable bonds is 6. The molecular weight excluding hydrogens is 264 g/mol. The predicted molar refractivity (Wildman–Crippen MR) is 85.9 cm³/mol. The van der Waals surface area contributed by atoms with Gasteiger partial charge in [-0.2, -0.15) is 0 Å². The van der Waals surface area contributed by atoms with Crippen LogP contribution in [-0.4, -0.2) is 38.8 Å². The molecule has 2 rings (SSSR count). The molecule has 0 bridgehead atoms. The van der Waals surface area contributed by atoms with Crippen LogP contribution in [-0.2, 0) is 0 Å². The highest BCUT2D eigenvalue weighted by molar-refractivity contribution is 5.40. The minimum Gasteiger partial charge on any atom is -0.497 e. The van der Waals surface area contributed by atoms with Crippen molar-refractivity contribution in [3.05, 3.63) is 23.8 Å².